The Hall–Kier alpha value is -2.00. The molecule has 1 aromatic carbocycles. The van der Waals surface area contributed by atoms with Crippen molar-refractivity contribution < 1.29 is 13.2 Å². The molecule has 3 aromatic rings. The molecule has 1 aliphatic heterocycles. The fraction of sp³-hybridized carbons (Fsp3) is 0.263. The minimum Gasteiger partial charge on any atom is -0.319 e. The molecule has 0 spiro atoms. The van der Waals surface area contributed by atoms with E-state index in [1.807, 2.05) is 6.07 Å². The number of aromatic nitrogens is 1. The number of hydrogen-bond donors (Lipinski definition) is 1. The third kappa shape index (κ3) is 3.65. The first-order valence-corrected chi connectivity index (χ1v) is 11.6. The number of nitrogens with zero attached hydrogens (tertiary/aromatic N) is 2. The zero-order valence-electron chi connectivity index (χ0n) is 14.9. The number of piperidine rings is 1. The number of carbonyl (C=O) groups excluding carboxylic acids is 1. The Bertz CT molecular complexity index is 1140. The van der Waals surface area contributed by atoms with E-state index < -0.39 is 15.9 Å². The zero-order valence-corrected chi connectivity index (χ0v) is 17.3. The highest BCUT2D eigenvalue weighted by Gasteiger charge is 2.31. The molecule has 1 amide bonds. The van der Waals surface area contributed by atoms with Gasteiger partial charge >= 0.3 is 0 Å². The van der Waals surface area contributed by atoms with Gasteiger partial charge in [-0.05, 0) is 42.5 Å². The molecular weight excluding hydrogens is 418 g/mol. The maximum Gasteiger partial charge on any atom is 0.267 e. The molecule has 2 aromatic heterocycles. The van der Waals surface area contributed by atoms with Crippen molar-refractivity contribution in [3.05, 3.63) is 51.8 Å². The highest BCUT2D eigenvalue weighted by molar-refractivity contribution is 7.89. The molecule has 0 saturated carbocycles. The van der Waals surface area contributed by atoms with E-state index in [0.29, 0.717) is 29.3 Å². The Balaban J connectivity index is 1.67. The lowest BCUT2D eigenvalue weighted by molar-refractivity contribution is 0.102. The van der Waals surface area contributed by atoms with Gasteiger partial charge in [-0.2, -0.15) is 4.31 Å². The maximum atomic E-state index is 13.0. The van der Waals surface area contributed by atoms with E-state index in [0.717, 1.165) is 36.0 Å². The molecule has 0 unspecified atom stereocenters. The maximum absolute atomic E-state index is 13.0. The molecule has 0 aliphatic carbocycles. The van der Waals surface area contributed by atoms with Gasteiger partial charge in [0.25, 0.3) is 5.91 Å². The molecule has 1 aliphatic rings. The van der Waals surface area contributed by atoms with Crippen LogP contribution in [-0.2, 0) is 10.0 Å². The van der Waals surface area contributed by atoms with Crippen LogP contribution in [-0.4, -0.2) is 36.7 Å². The van der Waals surface area contributed by atoms with Crippen LogP contribution in [0.5, 0.6) is 0 Å². The Morgan fingerprint density at radius 1 is 1.18 bits per heavy atom. The number of halogens is 1. The van der Waals surface area contributed by atoms with Crippen LogP contribution < -0.4 is 5.32 Å². The van der Waals surface area contributed by atoms with Crippen molar-refractivity contribution in [2.24, 2.45) is 0 Å². The SMILES string of the molecule is O=C(Nc1cc(Cl)cc2cccnc12)c1sccc1S(=O)(=O)N1CCCCC1. The number of pyridine rings is 1. The van der Waals surface area contributed by atoms with Crippen molar-refractivity contribution in [2.45, 2.75) is 24.2 Å². The summed E-state index contributed by atoms with van der Waals surface area (Å²) in [4.78, 5) is 17.4. The van der Waals surface area contributed by atoms with Gasteiger partial charge in [0.15, 0.2) is 0 Å². The number of nitrogens with one attached hydrogen (secondary N) is 1. The van der Waals surface area contributed by atoms with Crippen molar-refractivity contribution in [3.8, 4) is 0 Å². The Morgan fingerprint density at radius 2 is 1.96 bits per heavy atom. The third-order valence-electron chi connectivity index (χ3n) is 4.69. The number of amides is 1. The Kier molecular flexibility index (Phi) is 5.37. The van der Waals surface area contributed by atoms with E-state index in [9.17, 15) is 13.2 Å². The molecule has 1 N–H and O–H groups in total. The fourth-order valence-corrected chi connectivity index (χ4v) is 6.38. The van der Waals surface area contributed by atoms with Gasteiger partial charge in [0.05, 0.1) is 11.2 Å². The molecule has 3 heterocycles. The summed E-state index contributed by atoms with van der Waals surface area (Å²) in [6, 6.07) is 8.50. The molecule has 6 nitrogen and oxygen atoms in total. The minimum atomic E-state index is -3.70. The van der Waals surface area contributed by atoms with E-state index in [-0.39, 0.29) is 9.77 Å². The summed E-state index contributed by atoms with van der Waals surface area (Å²) in [7, 11) is -3.70. The predicted octanol–water partition coefficient (Wildman–Crippen LogP) is 4.38. The van der Waals surface area contributed by atoms with Crippen LogP contribution >= 0.6 is 22.9 Å². The molecule has 9 heteroatoms. The van der Waals surface area contributed by atoms with Gasteiger partial charge in [-0.25, -0.2) is 8.42 Å². The third-order valence-corrected chi connectivity index (χ3v) is 7.89. The first-order chi connectivity index (χ1) is 13.5. The normalized spacial score (nSPS) is 15.6. The topological polar surface area (TPSA) is 79.4 Å². The van der Waals surface area contributed by atoms with Crippen LogP contribution in [0.15, 0.2) is 46.8 Å². The van der Waals surface area contributed by atoms with Crippen molar-refractivity contribution >= 4 is 55.5 Å². The van der Waals surface area contributed by atoms with Crippen LogP contribution in [0.3, 0.4) is 0 Å². The van der Waals surface area contributed by atoms with Crippen molar-refractivity contribution in [3.63, 3.8) is 0 Å². The highest BCUT2D eigenvalue weighted by atomic mass is 35.5. The Labute approximate surface area is 172 Å². The van der Waals surface area contributed by atoms with Gasteiger partial charge in [0.1, 0.15) is 9.77 Å². The average Bonchev–Trinajstić information content (AvgIpc) is 3.19. The molecule has 0 atom stereocenters. The van der Waals surface area contributed by atoms with E-state index in [1.54, 1.807) is 29.8 Å². The van der Waals surface area contributed by atoms with Crippen LogP contribution in [0.1, 0.15) is 28.9 Å². The smallest absolute Gasteiger partial charge is 0.267 e. The molecule has 0 radical (unpaired) electrons. The second-order valence-corrected chi connectivity index (χ2v) is 9.82. The lowest BCUT2D eigenvalue weighted by Crippen LogP contribution is -2.36. The van der Waals surface area contributed by atoms with Gasteiger partial charge in [0, 0.05) is 29.7 Å². The Morgan fingerprint density at radius 3 is 2.75 bits per heavy atom. The van der Waals surface area contributed by atoms with Crippen molar-refractivity contribution in [2.75, 3.05) is 18.4 Å². The fourth-order valence-electron chi connectivity index (χ4n) is 3.34. The number of anilines is 1. The standard InChI is InChI=1S/C19H18ClN3O3S2/c20-14-11-13-5-4-7-21-17(13)15(12-14)22-19(24)18-16(6-10-27-18)28(25,26)23-8-2-1-3-9-23/h4-7,10-12H,1-3,8-9H2,(H,22,24). The van der Waals surface area contributed by atoms with Gasteiger partial charge in [-0.3, -0.25) is 9.78 Å². The lowest BCUT2D eigenvalue weighted by Gasteiger charge is -2.25. The second kappa shape index (κ2) is 7.79. The minimum absolute atomic E-state index is 0.0520. The quantitative estimate of drug-likeness (QED) is 0.659. The summed E-state index contributed by atoms with van der Waals surface area (Å²) in [5.74, 6) is -0.486. The highest BCUT2D eigenvalue weighted by Crippen LogP contribution is 2.30. The second-order valence-electron chi connectivity index (χ2n) is 6.56. The van der Waals surface area contributed by atoms with Gasteiger partial charge < -0.3 is 5.32 Å². The van der Waals surface area contributed by atoms with Gasteiger partial charge in [-0.1, -0.05) is 24.1 Å². The van der Waals surface area contributed by atoms with E-state index in [2.05, 4.69) is 10.3 Å². The summed E-state index contributed by atoms with van der Waals surface area (Å²) < 4.78 is 27.5. The van der Waals surface area contributed by atoms with Crippen LogP contribution in [0, 0.1) is 0 Å². The first-order valence-electron chi connectivity index (χ1n) is 8.90. The van der Waals surface area contributed by atoms with Gasteiger partial charge in [0.2, 0.25) is 10.0 Å². The molecular formula is C19H18ClN3O3S2. The number of sulfonamides is 1. The molecule has 146 valence electrons. The summed E-state index contributed by atoms with van der Waals surface area (Å²) in [5, 5.41) is 5.66. The van der Waals surface area contributed by atoms with Crippen molar-refractivity contribution in [1.29, 1.82) is 0 Å². The summed E-state index contributed by atoms with van der Waals surface area (Å²) in [6.07, 6.45) is 4.33. The molecule has 1 saturated heterocycles. The number of hydrogen-bond acceptors (Lipinski definition) is 5. The number of carbonyl (C=O) groups is 1. The number of benzene rings is 1. The number of rotatable bonds is 4. The molecule has 4 rings (SSSR count). The van der Waals surface area contributed by atoms with E-state index in [4.69, 9.17) is 11.6 Å². The molecule has 28 heavy (non-hydrogen) atoms. The number of fused-ring (bicyclic) bond motifs is 1. The zero-order chi connectivity index (χ0) is 19.7. The summed E-state index contributed by atoms with van der Waals surface area (Å²) in [5.41, 5.74) is 1.04. The van der Waals surface area contributed by atoms with Gasteiger partial charge in [-0.15, -0.1) is 11.3 Å². The predicted molar refractivity (Wildman–Crippen MR) is 112 cm³/mol. The van der Waals surface area contributed by atoms with E-state index in [1.165, 1.54) is 10.4 Å². The largest absolute Gasteiger partial charge is 0.319 e. The number of thiophene rings is 1. The summed E-state index contributed by atoms with van der Waals surface area (Å²) in [6.45, 7) is 0.976. The van der Waals surface area contributed by atoms with E-state index >= 15 is 0 Å². The average molecular weight is 436 g/mol. The monoisotopic (exact) mass is 435 g/mol. The lowest BCUT2D eigenvalue weighted by atomic mass is 10.2. The van der Waals surface area contributed by atoms with Crippen LogP contribution in [0.25, 0.3) is 10.9 Å². The van der Waals surface area contributed by atoms with Crippen LogP contribution in [0.2, 0.25) is 5.02 Å². The first kappa shape index (κ1) is 19.3. The van der Waals surface area contributed by atoms with Crippen molar-refractivity contribution in [1.82, 2.24) is 9.29 Å². The molecule has 0 bridgehead atoms. The summed E-state index contributed by atoms with van der Waals surface area (Å²) >= 11 is 7.26. The van der Waals surface area contributed by atoms with Crippen LogP contribution in [0.4, 0.5) is 5.69 Å². The molecule has 1 fully saturated rings.